The van der Waals surface area contributed by atoms with Gasteiger partial charge in [0, 0.05) is 51.9 Å². The summed E-state index contributed by atoms with van der Waals surface area (Å²) >= 11 is 0. The van der Waals surface area contributed by atoms with Gasteiger partial charge in [-0.3, -0.25) is 14.8 Å². The predicted octanol–water partition coefficient (Wildman–Crippen LogP) is 2.17. The summed E-state index contributed by atoms with van der Waals surface area (Å²) in [4.78, 5) is 9.60. The van der Waals surface area contributed by atoms with Crippen molar-refractivity contribution in [1.82, 2.24) is 20.4 Å². The molecule has 0 amide bonds. The number of nitrogens with zero attached hydrogens (tertiary/aromatic N) is 3. The van der Waals surface area contributed by atoms with E-state index in [4.69, 9.17) is 9.73 Å². The van der Waals surface area contributed by atoms with Gasteiger partial charge in [-0.15, -0.1) is 0 Å². The Morgan fingerprint density at radius 2 is 1.96 bits per heavy atom. The number of nitrogens with one attached hydrogen (secondary N) is 2. The molecule has 1 atom stereocenters. The number of ether oxygens (including phenoxy) is 1. The van der Waals surface area contributed by atoms with Crippen LogP contribution in [-0.2, 0) is 11.3 Å². The quantitative estimate of drug-likeness (QED) is 0.345. The Kier molecular flexibility index (Phi) is 10.9. The Morgan fingerprint density at radius 3 is 2.68 bits per heavy atom. The minimum Gasteiger partial charge on any atom is -0.379 e. The average Bonchev–Trinajstić information content (AvgIpc) is 2.72. The van der Waals surface area contributed by atoms with Crippen LogP contribution in [0.5, 0.6) is 0 Å². The second-order valence-corrected chi connectivity index (χ2v) is 7.53. The lowest BCUT2D eigenvalue weighted by molar-refractivity contribution is 0.0377. The molecule has 0 radical (unpaired) electrons. The van der Waals surface area contributed by atoms with Gasteiger partial charge in [0.05, 0.1) is 13.2 Å². The highest BCUT2D eigenvalue weighted by atomic mass is 16.5. The van der Waals surface area contributed by atoms with Crippen molar-refractivity contribution in [3.05, 3.63) is 35.9 Å². The number of hydrogen-bond acceptors (Lipinski definition) is 4. The van der Waals surface area contributed by atoms with E-state index in [1.54, 1.807) is 0 Å². The van der Waals surface area contributed by atoms with Crippen LogP contribution in [0.1, 0.15) is 32.3 Å². The van der Waals surface area contributed by atoms with Gasteiger partial charge < -0.3 is 15.4 Å². The van der Waals surface area contributed by atoms with Crippen molar-refractivity contribution in [2.75, 3.05) is 59.5 Å². The first-order chi connectivity index (χ1) is 13.7. The molecule has 1 aliphatic rings. The Labute approximate surface area is 171 Å². The summed E-state index contributed by atoms with van der Waals surface area (Å²) in [7, 11) is 2.20. The van der Waals surface area contributed by atoms with Crippen molar-refractivity contribution in [3.63, 3.8) is 0 Å². The maximum Gasteiger partial charge on any atom is 0.191 e. The lowest BCUT2D eigenvalue weighted by Crippen LogP contribution is -2.40. The summed E-state index contributed by atoms with van der Waals surface area (Å²) in [5.74, 6) is 0.933. The van der Waals surface area contributed by atoms with E-state index in [1.807, 2.05) is 0 Å². The molecular weight excluding hydrogens is 350 g/mol. The third-order valence-electron chi connectivity index (χ3n) is 5.23. The molecule has 158 valence electrons. The SMILES string of the molecule is CCNC(=NCCCN1CCOCC1)NCCC(C)N(C)Cc1ccccc1. The van der Waals surface area contributed by atoms with Gasteiger partial charge in [-0.2, -0.15) is 0 Å². The molecule has 1 fully saturated rings. The molecule has 1 heterocycles. The van der Waals surface area contributed by atoms with Gasteiger partial charge in [0.25, 0.3) is 0 Å². The smallest absolute Gasteiger partial charge is 0.191 e. The predicted molar refractivity (Wildman–Crippen MR) is 118 cm³/mol. The van der Waals surface area contributed by atoms with Crippen molar-refractivity contribution < 1.29 is 4.74 Å². The fourth-order valence-electron chi connectivity index (χ4n) is 3.30. The van der Waals surface area contributed by atoms with Crippen molar-refractivity contribution >= 4 is 5.96 Å². The summed E-state index contributed by atoms with van der Waals surface area (Å²) in [6.07, 6.45) is 2.17. The van der Waals surface area contributed by atoms with Crippen molar-refractivity contribution in [1.29, 1.82) is 0 Å². The highest BCUT2D eigenvalue weighted by Crippen LogP contribution is 2.07. The van der Waals surface area contributed by atoms with E-state index < -0.39 is 0 Å². The standard InChI is InChI=1S/C22H39N5O/c1-4-23-22(24-12-8-14-27-15-17-28-18-16-27)25-13-11-20(2)26(3)19-21-9-6-5-7-10-21/h5-7,9-10,20H,4,8,11-19H2,1-3H3,(H2,23,24,25). The minimum absolute atomic E-state index is 0.511. The van der Waals surface area contributed by atoms with Crippen LogP contribution in [0.3, 0.4) is 0 Å². The van der Waals surface area contributed by atoms with Crippen LogP contribution in [0.25, 0.3) is 0 Å². The van der Waals surface area contributed by atoms with E-state index in [1.165, 1.54) is 5.56 Å². The molecule has 6 nitrogen and oxygen atoms in total. The maximum absolute atomic E-state index is 5.40. The van der Waals surface area contributed by atoms with Crippen LogP contribution < -0.4 is 10.6 Å². The lowest BCUT2D eigenvalue weighted by Gasteiger charge is -2.26. The molecule has 6 heteroatoms. The largest absolute Gasteiger partial charge is 0.379 e. The molecule has 0 spiro atoms. The van der Waals surface area contributed by atoms with Crippen LogP contribution in [0.4, 0.5) is 0 Å². The Bertz CT molecular complexity index is 545. The van der Waals surface area contributed by atoms with Crippen LogP contribution in [0.15, 0.2) is 35.3 Å². The van der Waals surface area contributed by atoms with Crippen molar-refractivity contribution in [2.24, 2.45) is 4.99 Å². The van der Waals surface area contributed by atoms with E-state index in [0.717, 1.165) is 77.8 Å². The van der Waals surface area contributed by atoms with Crippen LogP contribution >= 0.6 is 0 Å². The second-order valence-electron chi connectivity index (χ2n) is 7.53. The Hall–Kier alpha value is -1.63. The molecule has 1 saturated heterocycles. The van der Waals surface area contributed by atoms with Gasteiger partial charge in [-0.1, -0.05) is 30.3 Å². The fraction of sp³-hybridized carbons (Fsp3) is 0.682. The molecule has 0 aromatic heterocycles. The Balaban J connectivity index is 1.65. The number of guanidine groups is 1. The second kappa shape index (κ2) is 13.5. The number of rotatable bonds is 11. The van der Waals surface area contributed by atoms with Gasteiger partial charge in [0.15, 0.2) is 5.96 Å². The number of aliphatic imine (C=N–C) groups is 1. The van der Waals surface area contributed by atoms with Gasteiger partial charge >= 0.3 is 0 Å². The summed E-state index contributed by atoms with van der Waals surface area (Å²) < 4.78 is 5.40. The number of benzene rings is 1. The first kappa shape index (κ1) is 22.7. The van der Waals surface area contributed by atoms with Crippen LogP contribution in [0.2, 0.25) is 0 Å². The summed E-state index contributed by atoms with van der Waals surface area (Å²) in [6, 6.07) is 11.2. The van der Waals surface area contributed by atoms with E-state index in [2.05, 4.69) is 71.7 Å². The topological polar surface area (TPSA) is 52.1 Å². The molecule has 1 aliphatic heterocycles. The molecule has 2 rings (SSSR count). The zero-order chi connectivity index (χ0) is 20.0. The molecule has 0 aliphatic carbocycles. The summed E-state index contributed by atoms with van der Waals surface area (Å²) in [5.41, 5.74) is 1.36. The van der Waals surface area contributed by atoms with Gasteiger partial charge in [0.2, 0.25) is 0 Å². The molecule has 0 bridgehead atoms. The Morgan fingerprint density at radius 1 is 1.21 bits per heavy atom. The zero-order valence-electron chi connectivity index (χ0n) is 18.0. The highest BCUT2D eigenvalue weighted by molar-refractivity contribution is 5.79. The first-order valence-corrected chi connectivity index (χ1v) is 10.8. The van der Waals surface area contributed by atoms with E-state index in [0.29, 0.717) is 6.04 Å². The molecule has 0 saturated carbocycles. The summed E-state index contributed by atoms with van der Waals surface area (Å²) in [6.45, 7) is 13.0. The molecular formula is C22H39N5O. The normalized spacial score (nSPS) is 16.9. The van der Waals surface area contributed by atoms with Gasteiger partial charge in [-0.05, 0) is 39.3 Å². The fourth-order valence-corrected chi connectivity index (χ4v) is 3.30. The monoisotopic (exact) mass is 389 g/mol. The van der Waals surface area contributed by atoms with E-state index in [9.17, 15) is 0 Å². The third-order valence-corrected chi connectivity index (χ3v) is 5.23. The molecule has 1 aromatic carbocycles. The average molecular weight is 390 g/mol. The maximum atomic E-state index is 5.40. The molecule has 1 aromatic rings. The van der Waals surface area contributed by atoms with Gasteiger partial charge in [-0.25, -0.2) is 0 Å². The molecule has 2 N–H and O–H groups in total. The lowest BCUT2D eigenvalue weighted by atomic mass is 10.1. The number of hydrogen-bond donors (Lipinski definition) is 2. The number of morpholine rings is 1. The zero-order valence-corrected chi connectivity index (χ0v) is 18.0. The third kappa shape index (κ3) is 9.04. The van der Waals surface area contributed by atoms with E-state index in [-0.39, 0.29) is 0 Å². The van der Waals surface area contributed by atoms with Crippen molar-refractivity contribution in [3.8, 4) is 0 Å². The van der Waals surface area contributed by atoms with E-state index >= 15 is 0 Å². The minimum atomic E-state index is 0.511. The highest BCUT2D eigenvalue weighted by Gasteiger charge is 2.10. The van der Waals surface area contributed by atoms with Crippen molar-refractivity contribution in [2.45, 2.75) is 39.3 Å². The first-order valence-electron chi connectivity index (χ1n) is 10.8. The summed E-state index contributed by atoms with van der Waals surface area (Å²) in [5, 5.41) is 6.84. The van der Waals surface area contributed by atoms with Gasteiger partial charge in [0.1, 0.15) is 0 Å². The van der Waals surface area contributed by atoms with Crippen LogP contribution in [0, 0.1) is 0 Å². The molecule has 1 unspecified atom stereocenters. The van der Waals surface area contributed by atoms with Crippen LogP contribution in [-0.4, -0.2) is 81.3 Å². The molecule has 28 heavy (non-hydrogen) atoms.